The smallest absolute Gasteiger partial charge is 0.0535 e. The van der Waals surface area contributed by atoms with Gasteiger partial charge in [-0.2, -0.15) is 5.10 Å². The molecule has 80 valence electrons. The van der Waals surface area contributed by atoms with Crippen LogP contribution in [0.5, 0.6) is 0 Å². The van der Waals surface area contributed by atoms with Crippen LogP contribution >= 0.6 is 0 Å². The quantitative estimate of drug-likeness (QED) is 0.566. The first kappa shape index (κ1) is 11.2. The first-order chi connectivity index (χ1) is 6.84. The summed E-state index contributed by atoms with van der Waals surface area (Å²) in [6, 6.07) is 0. The Labute approximate surface area is 85.5 Å². The number of aryl methyl sites for hydroxylation is 1. The van der Waals surface area contributed by atoms with Crippen molar-refractivity contribution in [1.29, 1.82) is 0 Å². The van der Waals surface area contributed by atoms with Crippen LogP contribution in [0.15, 0.2) is 6.20 Å². The van der Waals surface area contributed by atoms with Crippen LogP contribution in [0.4, 0.5) is 0 Å². The summed E-state index contributed by atoms with van der Waals surface area (Å²) < 4.78 is 0. The average Bonchev–Trinajstić information content (AvgIpc) is 2.58. The molecular formula is C10H20N4. The van der Waals surface area contributed by atoms with E-state index in [0.717, 1.165) is 31.9 Å². The van der Waals surface area contributed by atoms with Crippen LogP contribution < -0.4 is 10.6 Å². The van der Waals surface area contributed by atoms with E-state index < -0.39 is 0 Å². The first-order valence-electron chi connectivity index (χ1n) is 5.25. The van der Waals surface area contributed by atoms with Crippen LogP contribution in [-0.2, 0) is 6.54 Å². The lowest BCUT2D eigenvalue weighted by molar-refractivity contribution is 0.605. The van der Waals surface area contributed by atoms with Crippen LogP contribution in [-0.4, -0.2) is 29.8 Å². The number of rotatable bonds is 7. The molecule has 0 aliphatic heterocycles. The predicted octanol–water partition coefficient (Wildman–Crippen LogP) is 0.807. The Balaban J connectivity index is 2.02. The predicted molar refractivity (Wildman–Crippen MR) is 58.2 cm³/mol. The normalized spacial score (nSPS) is 10.7. The van der Waals surface area contributed by atoms with Gasteiger partial charge in [-0.15, -0.1) is 0 Å². The van der Waals surface area contributed by atoms with E-state index in [0.29, 0.717) is 0 Å². The van der Waals surface area contributed by atoms with Gasteiger partial charge in [0, 0.05) is 17.8 Å². The van der Waals surface area contributed by atoms with Gasteiger partial charge < -0.3 is 10.6 Å². The van der Waals surface area contributed by atoms with Crippen molar-refractivity contribution in [3.05, 3.63) is 17.5 Å². The van der Waals surface area contributed by atoms with Gasteiger partial charge in [0.15, 0.2) is 0 Å². The highest BCUT2D eigenvalue weighted by atomic mass is 15.1. The summed E-state index contributed by atoms with van der Waals surface area (Å²) in [5.74, 6) is 0. The Morgan fingerprint density at radius 2 is 2.14 bits per heavy atom. The molecule has 1 aromatic heterocycles. The third-order valence-corrected chi connectivity index (χ3v) is 2.21. The monoisotopic (exact) mass is 196 g/mol. The van der Waals surface area contributed by atoms with Crippen molar-refractivity contribution in [3.8, 4) is 0 Å². The summed E-state index contributed by atoms with van der Waals surface area (Å²) in [5, 5.41) is 13.6. The highest BCUT2D eigenvalue weighted by Gasteiger charge is 1.98. The molecule has 0 unspecified atom stereocenters. The van der Waals surface area contributed by atoms with Crippen molar-refractivity contribution in [2.24, 2.45) is 0 Å². The topological polar surface area (TPSA) is 52.7 Å². The molecule has 1 aromatic rings. The largest absolute Gasteiger partial charge is 0.317 e. The molecule has 0 aliphatic rings. The summed E-state index contributed by atoms with van der Waals surface area (Å²) >= 11 is 0. The molecule has 4 nitrogen and oxygen atoms in total. The number of aromatic amines is 1. The van der Waals surface area contributed by atoms with E-state index in [2.05, 4.69) is 27.8 Å². The summed E-state index contributed by atoms with van der Waals surface area (Å²) in [4.78, 5) is 0. The third-order valence-electron chi connectivity index (χ3n) is 2.21. The zero-order chi connectivity index (χ0) is 10.2. The Kier molecular flexibility index (Phi) is 5.25. The van der Waals surface area contributed by atoms with Gasteiger partial charge in [0.25, 0.3) is 0 Å². The minimum absolute atomic E-state index is 0.911. The summed E-state index contributed by atoms with van der Waals surface area (Å²) in [6.45, 7) is 8.28. The van der Waals surface area contributed by atoms with Gasteiger partial charge in [-0.05, 0) is 33.0 Å². The van der Waals surface area contributed by atoms with Crippen molar-refractivity contribution in [2.75, 3.05) is 19.6 Å². The van der Waals surface area contributed by atoms with Gasteiger partial charge >= 0.3 is 0 Å². The fraction of sp³-hybridized carbons (Fsp3) is 0.700. The Hall–Kier alpha value is -0.870. The molecule has 0 fully saturated rings. The molecule has 3 N–H and O–H groups in total. The minimum atomic E-state index is 0.911. The highest BCUT2D eigenvalue weighted by Crippen LogP contribution is 2.00. The lowest BCUT2D eigenvalue weighted by atomic mass is 10.2. The van der Waals surface area contributed by atoms with Crippen LogP contribution in [0.2, 0.25) is 0 Å². The molecule has 0 saturated heterocycles. The van der Waals surface area contributed by atoms with Crippen molar-refractivity contribution in [2.45, 2.75) is 26.8 Å². The number of H-pyrrole nitrogens is 1. The molecule has 0 spiro atoms. The third kappa shape index (κ3) is 3.89. The maximum absolute atomic E-state index is 3.97. The van der Waals surface area contributed by atoms with Crippen molar-refractivity contribution in [1.82, 2.24) is 20.8 Å². The molecule has 0 atom stereocenters. The second-order valence-corrected chi connectivity index (χ2v) is 3.40. The van der Waals surface area contributed by atoms with E-state index in [1.807, 2.05) is 13.1 Å². The number of nitrogens with one attached hydrogen (secondary N) is 3. The van der Waals surface area contributed by atoms with E-state index in [-0.39, 0.29) is 0 Å². The fourth-order valence-corrected chi connectivity index (χ4v) is 1.29. The van der Waals surface area contributed by atoms with Crippen LogP contribution in [0, 0.1) is 6.92 Å². The van der Waals surface area contributed by atoms with Crippen molar-refractivity contribution < 1.29 is 0 Å². The summed E-state index contributed by atoms with van der Waals surface area (Å²) in [7, 11) is 0. The molecular weight excluding hydrogens is 176 g/mol. The van der Waals surface area contributed by atoms with Gasteiger partial charge in [0.05, 0.1) is 6.20 Å². The molecule has 0 radical (unpaired) electrons. The molecule has 0 saturated carbocycles. The summed E-state index contributed by atoms with van der Waals surface area (Å²) in [6.07, 6.45) is 3.05. The minimum Gasteiger partial charge on any atom is -0.317 e. The molecule has 1 rings (SSSR count). The average molecular weight is 196 g/mol. The van der Waals surface area contributed by atoms with Crippen molar-refractivity contribution in [3.63, 3.8) is 0 Å². The second-order valence-electron chi connectivity index (χ2n) is 3.40. The highest BCUT2D eigenvalue weighted by molar-refractivity contribution is 5.13. The second kappa shape index (κ2) is 6.56. The van der Waals surface area contributed by atoms with Gasteiger partial charge in [-0.1, -0.05) is 6.92 Å². The maximum atomic E-state index is 3.97. The Morgan fingerprint density at radius 3 is 2.79 bits per heavy atom. The SMILES string of the molecule is CCNCCCNCc1cn[nH]c1C. The van der Waals surface area contributed by atoms with Crippen molar-refractivity contribution >= 4 is 0 Å². The first-order valence-corrected chi connectivity index (χ1v) is 5.25. The zero-order valence-corrected chi connectivity index (χ0v) is 9.06. The molecule has 0 aliphatic carbocycles. The maximum Gasteiger partial charge on any atom is 0.0535 e. The number of aromatic nitrogens is 2. The number of nitrogens with zero attached hydrogens (tertiary/aromatic N) is 1. The van der Waals surface area contributed by atoms with Gasteiger partial charge in [-0.25, -0.2) is 0 Å². The molecule has 0 aromatic carbocycles. The van der Waals surface area contributed by atoms with Gasteiger partial charge in [-0.3, -0.25) is 5.10 Å². The lowest BCUT2D eigenvalue weighted by Gasteiger charge is -2.04. The Bertz CT molecular complexity index is 244. The molecule has 0 amide bonds. The number of hydrogen-bond acceptors (Lipinski definition) is 3. The standard InChI is InChI=1S/C10H20N4/c1-3-11-5-4-6-12-7-10-8-13-14-9(10)2/h8,11-12H,3-7H2,1-2H3,(H,13,14). The molecule has 1 heterocycles. The van der Waals surface area contributed by atoms with Crippen LogP contribution in [0.3, 0.4) is 0 Å². The van der Waals surface area contributed by atoms with Crippen LogP contribution in [0.1, 0.15) is 24.6 Å². The number of hydrogen-bond donors (Lipinski definition) is 3. The van der Waals surface area contributed by atoms with Gasteiger partial charge in [0.1, 0.15) is 0 Å². The van der Waals surface area contributed by atoms with E-state index in [1.54, 1.807) is 0 Å². The summed E-state index contributed by atoms with van der Waals surface area (Å²) in [5.41, 5.74) is 2.41. The van der Waals surface area contributed by atoms with E-state index in [4.69, 9.17) is 0 Å². The van der Waals surface area contributed by atoms with E-state index in [9.17, 15) is 0 Å². The fourth-order valence-electron chi connectivity index (χ4n) is 1.29. The lowest BCUT2D eigenvalue weighted by Crippen LogP contribution is -2.21. The zero-order valence-electron chi connectivity index (χ0n) is 9.06. The Morgan fingerprint density at radius 1 is 1.36 bits per heavy atom. The van der Waals surface area contributed by atoms with E-state index >= 15 is 0 Å². The van der Waals surface area contributed by atoms with Crippen LogP contribution in [0.25, 0.3) is 0 Å². The molecule has 14 heavy (non-hydrogen) atoms. The van der Waals surface area contributed by atoms with Gasteiger partial charge in [0.2, 0.25) is 0 Å². The molecule has 0 bridgehead atoms. The molecule has 4 heteroatoms. The van der Waals surface area contributed by atoms with E-state index in [1.165, 1.54) is 12.0 Å².